The van der Waals surface area contributed by atoms with Crippen molar-refractivity contribution in [2.24, 2.45) is 7.05 Å². The largest absolute Gasteiger partial charge is 0.467 e. The molecule has 3 amide bonds. The van der Waals surface area contributed by atoms with Crippen molar-refractivity contribution in [3.63, 3.8) is 0 Å². The minimum Gasteiger partial charge on any atom is -0.467 e. The summed E-state index contributed by atoms with van der Waals surface area (Å²) in [5, 5.41) is 12.1. The zero-order valence-electron chi connectivity index (χ0n) is 22.4. The topological polar surface area (TPSA) is 168 Å². The van der Waals surface area contributed by atoms with Crippen LogP contribution in [0.3, 0.4) is 0 Å². The van der Waals surface area contributed by atoms with E-state index in [1.807, 2.05) is 0 Å². The molecule has 2 N–H and O–H groups in total. The number of nitrogens with zero attached hydrogens (tertiary/aromatic N) is 7. The summed E-state index contributed by atoms with van der Waals surface area (Å²) in [5.41, 5.74) is 1.70. The number of amides is 3. The van der Waals surface area contributed by atoms with Crippen LogP contribution in [-0.2, 0) is 18.3 Å². The summed E-state index contributed by atoms with van der Waals surface area (Å²) in [7, 11) is 5.25. The lowest BCUT2D eigenvalue weighted by Crippen LogP contribution is -2.43. The Morgan fingerprint density at radius 1 is 1.05 bits per heavy atom. The number of carbonyl (C=O) groups excluding carboxylic acids is 3. The van der Waals surface area contributed by atoms with Crippen molar-refractivity contribution >= 4 is 58.4 Å². The number of hydrazine groups is 1. The molecule has 0 spiro atoms. The molecule has 4 rings (SSSR count). The lowest BCUT2D eigenvalue weighted by atomic mass is 10.1. The Balaban J connectivity index is 1.75. The van der Waals surface area contributed by atoms with Gasteiger partial charge in [0.2, 0.25) is 0 Å². The average Bonchev–Trinajstić information content (AvgIpc) is 3.50. The lowest BCUT2D eigenvalue weighted by Gasteiger charge is -2.19. The molecule has 0 aliphatic rings. The maximum atomic E-state index is 13.7. The summed E-state index contributed by atoms with van der Waals surface area (Å²) in [6.45, 7) is -0.136. The first-order valence-electron chi connectivity index (χ1n) is 11.8. The zero-order chi connectivity index (χ0) is 30.7. The number of rotatable bonds is 7. The van der Waals surface area contributed by atoms with Crippen molar-refractivity contribution in [3.8, 4) is 11.8 Å². The van der Waals surface area contributed by atoms with Crippen molar-refractivity contribution in [2.75, 3.05) is 26.6 Å². The van der Waals surface area contributed by atoms with E-state index in [1.54, 1.807) is 12.1 Å². The van der Waals surface area contributed by atoms with Gasteiger partial charge in [-0.15, -0.1) is 5.10 Å². The SMILES string of the molecule is COC(=O)N(C)NC(=O)c1cc(Cl)cc(Cl)c1NC(=O)c1cc(Cn2nc(OC)n(C)c2=O)nn1-c1ncccc1Cl. The third kappa shape index (κ3) is 6.17. The fourth-order valence-corrected chi connectivity index (χ4v) is 4.46. The highest BCUT2D eigenvalue weighted by molar-refractivity contribution is 6.38. The lowest BCUT2D eigenvalue weighted by molar-refractivity contribution is 0.0767. The molecule has 4 aromatic rings. The van der Waals surface area contributed by atoms with Crippen LogP contribution in [0.25, 0.3) is 5.82 Å². The summed E-state index contributed by atoms with van der Waals surface area (Å²) < 4.78 is 13.1. The predicted molar refractivity (Wildman–Crippen MR) is 152 cm³/mol. The van der Waals surface area contributed by atoms with Gasteiger partial charge in [0.1, 0.15) is 5.69 Å². The Morgan fingerprint density at radius 3 is 2.43 bits per heavy atom. The number of hydrogen-bond acceptors (Lipinski definition) is 9. The molecule has 0 aliphatic heterocycles. The van der Waals surface area contributed by atoms with Gasteiger partial charge < -0.3 is 14.8 Å². The minimum absolute atomic E-state index is 0.0731. The van der Waals surface area contributed by atoms with Crippen LogP contribution in [0.4, 0.5) is 10.5 Å². The first-order valence-corrected chi connectivity index (χ1v) is 12.9. The van der Waals surface area contributed by atoms with Gasteiger partial charge in [0, 0.05) is 25.3 Å². The second kappa shape index (κ2) is 12.5. The number of benzene rings is 1. The summed E-state index contributed by atoms with van der Waals surface area (Å²) in [6, 6.07) is 7.19. The van der Waals surface area contributed by atoms with E-state index in [0.717, 1.165) is 16.8 Å². The van der Waals surface area contributed by atoms with E-state index in [0.29, 0.717) is 0 Å². The summed E-state index contributed by atoms with van der Waals surface area (Å²) in [4.78, 5) is 55.3. The molecule has 0 radical (unpaired) electrons. The molecule has 0 saturated carbocycles. The van der Waals surface area contributed by atoms with Crippen molar-refractivity contribution in [3.05, 3.63) is 79.0 Å². The van der Waals surface area contributed by atoms with Crippen molar-refractivity contribution in [1.29, 1.82) is 0 Å². The molecule has 3 aromatic heterocycles. The molecular weight excluding hydrogens is 617 g/mol. The van der Waals surface area contributed by atoms with Gasteiger partial charge in [0.05, 0.1) is 47.8 Å². The molecule has 0 fully saturated rings. The molecule has 18 heteroatoms. The van der Waals surface area contributed by atoms with E-state index in [9.17, 15) is 19.2 Å². The summed E-state index contributed by atoms with van der Waals surface area (Å²) in [5.74, 6) is -1.49. The molecule has 15 nitrogen and oxygen atoms in total. The van der Waals surface area contributed by atoms with Gasteiger partial charge in [-0.25, -0.2) is 33.5 Å². The van der Waals surface area contributed by atoms with E-state index in [-0.39, 0.29) is 56.1 Å². The molecule has 1 aromatic carbocycles. The third-order valence-corrected chi connectivity index (χ3v) is 6.49. The van der Waals surface area contributed by atoms with Crippen LogP contribution in [0.15, 0.2) is 41.3 Å². The summed E-state index contributed by atoms with van der Waals surface area (Å²) in [6.07, 6.45) is 0.602. The van der Waals surface area contributed by atoms with Crippen molar-refractivity contribution < 1.29 is 23.9 Å². The van der Waals surface area contributed by atoms with Crippen LogP contribution < -0.4 is 21.2 Å². The number of pyridine rings is 1. The summed E-state index contributed by atoms with van der Waals surface area (Å²) >= 11 is 18.9. The number of anilines is 1. The van der Waals surface area contributed by atoms with Gasteiger partial charge in [-0.3, -0.25) is 15.0 Å². The van der Waals surface area contributed by atoms with Crippen LogP contribution in [0.5, 0.6) is 6.01 Å². The van der Waals surface area contributed by atoms with Crippen LogP contribution in [0.2, 0.25) is 15.1 Å². The molecule has 0 saturated heterocycles. The third-order valence-electron chi connectivity index (χ3n) is 5.68. The number of halogens is 3. The second-order valence-corrected chi connectivity index (χ2v) is 9.71. The molecule has 0 bridgehead atoms. The first-order chi connectivity index (χ1) is 19.9. The van der Waals surface area contributed by atoms with Crippen LogP contribution >= 0.6 is 34.8 Å². The number of nitrogens with one attached hydrogen (secondary N) is 2. The van der Waals surface area contributed by atoms with E-state index >= 15 is 0 Å². The fourth-order valence-electron chi connectivity index (χ4n) is 3.72. The minimum atomic E-state index is -0.852. The standard InChI is InChI=1S/C24H22Cl3N9O6/c1-33-22(41-3)32-35(23(33)39)11-13-10-17(36(30-13)19-15(26)6-5-7-28-19)21(38)29-18-14(8-12(25)9-16(18)27)20(37)31-34(2)24(40)42-4/h5-10H,11H2,1-4H3,(H,29,38)(H,31,37). The molecule has 0 atom stereocenters. The quantitative estimate of drug-likeness (QED) is 0.289. The van der Waals surface area contributed by atoms with Crippen LogP contribution in [-0.4, -0.2) is 73.3 Å². The smallest absolute Gasteiger partial charge is 0.428 e. The molecule has 42 heavy (non-hydrogen) atoms. The van der Waals surface area contributed by atoms with Gasteiger partial charge >= 0.3 is 17.8 Å². The van der Waals surface area contributed by atoms with E-state index < -0.39 is 23.6 Å². The Labute approximate surface area is 252 Å². The molecule has 3 heterocycles. The Kier molecular flexibility index (Phi) is 9.04. The molecular formula is C24H22Cl3N9O6. The molecule has 0 unspecified atom stereocenters. The number of carbonyl (C=O) groups is 3. The Hall–Kier alpha value is -4.60. The highest BCUT2D eigenvalue weighted by Crippen LogP contribution is 2.31. The van der Waals surface area contributed by atoms with Gasteiger partial charge in [-0.1, -0.05) is 34.8 Å². The highest BCUT2D eigenvalue weighted by atomic mass is 35.5. The van der Waals surface area contributed by atoms with Gasteiger partial charge in [-0.2, -0.15) is 5.10 Å². The van der Waals surface area contributed by atoms with E-state index in [1.165, 1.54) is 54.8 Å². The Morgan fingerprint density at radius 2 is 1.79 bits per heavy atom. The number of methoxy groups -OCH3 is 2. The van der Waals surface area contributed by atoms with Crippen LogP contribution in [0, 0.1) is 0 Å². The second-order valence-electron chi connectivity index (χ2n) is 8.46. The predicted octanol–water partition coefficient (Wildman–Crippen LogP) is 2.77. The fraction of sp³-hybridized carbons (Fsp3) is 0.208. The Bertz CT molecular complexity index is 1750. The maximum Gasteiger partial charge on any atom is 0.428 e. The monoisotopic (exact) mass is 637 g/mol. The first kappa shape index (κ1) is 30.4. The molecule has 220 valence electrons. The highest BCUT2D eigenvalue weighted by Gasteiger charge is 2.25. The van der Waals surface area contributed by atoms with Crippen molar-refractivity contribution in [2.45, 2.75) is 6.54 Å². The van der Waals surface area contributed by atoms with Crippen molar-refractivity contribution in [1.82, 2.24) is 39.5 Å². The van der Waals surface area contributed by atoms with Crippen LogP contribution in [0.1, 0.15) is 26.5 Å². The van der Waals surface area contributed by atoms with Gasteiger partial charge in [-0.05, 0) is 30.3 Å². The maximum absolute atomic E-state index is 13.7. The normalized spacial score (nSPS) is 10.7. The average molecular weight is 639 g/mol. The van der Waals surface area contributed by atoms with E-state index in [4.69, 9.17) is 39.5 Å². The zero-order valence-corrected chi connectivity index (χ0v) is 24.7. The van der Waals surface area contributed by atoms with Gasteiger partial charge in [0.25, 0.3) is 11.8 Å². The number of aromatic nitrogens is 6. The van der Waals surface area contributed by atoms with E-state index in [2.05, 4.69) is 30.7 Å². The molecule has 0 aliphatic carbocycles. The van der Waals surface area contributed by atoms with Gasteiger partial charge in [0.15, 0.2) is 5.82 Å². The number of ether oxygens (including phenoxy) is 2. The number of hydrogen-bond donors (Lipinski definition) is 2.